The fourth-order valence-electron chi connectivity index (χ4n) is 2.29. The van der Waals surface area contributed by atoms with Gasteiger partial charge < -0.3 is 10.6 Å². The summed E-state index contributed by atoms with van der Waals surface area (Å²) in [6.45, 7) is 3.05. The van der Waals surface area contributed by atoms with Crippen molar-refractivity contribution in [2.24, 2.45) is 5.92 Å². The molecule has 0 bridgehead atoms. The van der Waals surface area contributed by atoms with Crippen molar-refractivity contribution in [2.75, 3.05) is 29.9 Å². The third-order valence-corrected chi connectivity index (χ3v) is 5.15. The van der Waals surface area contributed by atoms with E-state index in [2.05, 4.69) is 15.6 Å². The van der Waals surface area contributed by atoms with Crippen molar-refractivity contribution in [1.29, 1.82) is 0 Å². The Labute approximate surface area is 118 Å². The molecule has 1 saturated heterocycles. The lowest BCUT2D eigenvalue weighted by Crippen LogP contribution is -2.30. The Hall–Kier alpha value is -1.63. The number of rotatable bonds is 5. The molecule has 2 rings (SSSR count). The highest BCUT2D eigenvalue weighted by atomic mass is 32.2. The van der Waals surface area contributed by atoms with Crippen LogP contribution in [0.25, 0.3) is 0 Å². The molecule has 6 nitrogen and oxygen atoms in total. The van der Waals surface area contributed by atoms with Gasteiger partial charge in [-0.05, 0) is 25.3 Å². The quantitative estimate of drug-likeness (QED) is 0.834. The van der Waals surface area contributed by atoms with E-state index in [9.17, 15) is 13.2 Å². The van der Waals surface area contributed by atoms with Gasteiger partial charge in [0.15, 0.2) is 9.84 Å². The first kappa shape index (κ1) is 14.8. The van der Waals surface area contributed by atoms with Crippen molar-refractivity contribution >= 4 is 21.4 Å². The second-order valence-electron chi connectivity index (χ2n) is 4.93. The Balaban J connectivity index is 1.95. The van der Waals surface area contributed by atoms with Crippen LogP contribution < -0.4 is 10.6 Å². The molecule has 1 fully saturated rings. The van der Waals surface area contributed by atoms with Crippen LogP contribution in [-0.4, -0.2) is 43.9 Å². The molecule has 20 heavy (non-hydrogen) atoms. The highest BCUT2D eigenvalue weighted by molar-refractivity contribution is 7.91. The van der Waals surface area contributed by atoms with E-state index in [4.69, 9.17) is 0 Å². The molecule has 0 aromatic carbocycles. The number of sulfone groups is 1. The summed E-state index contributed by atoms with van der Waals surface area (Å²) in [6.07, 6.45) is 3.76. The molecular formula is C13H19N3O3S. The van der Waals surface area contributed by atoms with Crippen LogP contribution >= 0.6 is 0 Å². The lowest BCUT2D eigenvalue weighted by Gasteiger charge is -2.12. The zero-order valence-corrected chi connectivity index (χ0v) is 12.2. The molecule has 1 aliphatic heterocycles. The first-order valence-electron chi connectivity index (χ1n) is 6.68. The summed E-state index contributed by atoms with van der Waals surface area (Å²) in [6, 6.07) is 1.75. The van der Waals surface area contributed by atoms with Gasteiger partial charge in [-0.1, -0.05) is 0 Å². The lowest BCUT2D eigenvalue weighted by atomic mass is 10.1. The van der Waals surface area contributed by atoms with Gasteiger partial charge in [0.05, 0.1) is 22.8 Å². The van der Waals surface area contributed by atoms with Crippen LogP contribution in [-0.2, 0) is 9.84 Å². The molecule has 0 radical (unpaired) electrons. The van der Waals surface area contributed by atoms with Crippen LogP contribution in [0.4, 0.5) is 5.69 Å². The third kappa shape index (κ3) is 3.69. The fourth-order valence-corrected chi connectivity index (χ4v) is 4.15. The van der Waals surface area contributed by atoms with E-state index in [1.807, 2.05) is 6.92 Å². The average molecular weight is 297 g/mol. The van der Waals surface area contributed by atoms with Gasteiger partial charge >= 0.3 is 0 Å². The van der Waals surface area contributed by atoms with E-state index in [-0.39, 0.29) is 23.3 Å². The summed E-state index contributed by atoms with van der Waals surface area (Å²) in [5, 5.41) is 5.90. The van der Waals surface area contributed by atoms with E-state index >= 15 is 0 Å². The molecule has 1 aromatic heterocycles. The molecule has 1 atom stereocenters. The van der Waals surface area contributed by atoms with Crippen molar-refractivity contribution in [2.45, 2.75) is 13.3 Å². The zero-order chi connectivity index (χ0) is 14.6. The van der Waals surface area contributed by atoms with E-state index in [1.54, 1.807) is 12.3 Å². The summed E-state index contributed by atoms with van der Waals surface area (Å²) in [5.74, 6) is 0.185. The predicted octanol–water partition coefficient (Wildman–Crippen LogP) is 0.678. The summed E-state index contributed by atoms with van der Waals surface area (Å²) < 4.78 is 22.7. The second kappa shape index (κ2) is 6.21. The standard InChI is InChI=1S/C13H19N3O3S/c1-2-15-12-3-5-14-8-11(12)13(17)16-7-10-4-6-20(18,19)9-10/h3,5,8,10H,2,4,6-7,9H2,1H3,(H,14,15)(H,16,17). The summed E-state index contributed by atoms with van der Waals surface area (Å²) in [4.78, 5) is 16.1. The van der Waals surface area contributed by atoms with Gasteiger partial charge in [-0.15, -0.1) is 0 Å². The summed E-state index contributed by atoms with van der Waals surface area (Å²) in [5.41, 5.74) is 1.22. The normalized spacial score (nSPS) is 20.6. The highest BCUT2D eigenvalue weighted by Gasteiger charge is 2.28. The smallest absolute Gasteiger partial charge is 0.254 e. The number of aromatic nitrogens is 1. The van der Waals surface area contributed by atoms with Crippen LogP contribution in [0.1, 0.15) is 23.7 Å². The van der Waals surface area contributed by atoms with Gasteiger partial charge in [0, 0.05) is 25.5 Å². The Morgan fingerprint density at radius 3 is 2.95 bits per heavy atom. The maximum atomic E-state index is 12.1. The molecule has 2 N–H and O–H groups in total. The maximum Gasteiger partial charge on any atom is 0.254 e. The first-order valence-corrected chi connectivity index (χ1v) is 8.50. The number of nitrogens with zero attached hydrogens (tertiary/aromatic N) is 1. The van der Waals surface area contributed by atoms with Gasteiger partial charge in [-0.25, -0.2) is 8.42 Å². The summed E-state index contributed by atoms with van der Waals surface area (Å²) in [7, 11) is -2.90. The van der Waals surface area contributed by atoms with Gasteiger partial charge in [0.2, 0.25) is 0 Å². The van der Waals surface area contributed by atoms with Crippen LogP contribution in [0.15, 0.2) is 18.5 Å². The van der Waals surface area contributed by atoms with Crippen molar-refractivity contribution in [3.05, 3.63) is 24.0 Å². The minimum absolute atomic E-state index is 0.0169. The number of hydrogen-bond donors (Lipinski definition) is 2. The lowest BCUT2D eigenvalue weighted by molar-refractivity contribution is 0.0949. The number of carbonyl (C=O) groups is 1. The molecule has 1 aliphatic rings. The topological polar surface area (TPSA) is 88.2 Å². The molecule has 1 unspecified atom stereocenters. The minimum atomic E-state index is -2.90. The number of amides is 1. The van der Waals surface area contributed by atoms with Gasteiger partial charge in [0.1, 0.15) is 0 Å². The fraction of sp³-hybridized carbons (Fsp3) is 0.538. The van der Waals surface area contributed by atoms with Crippen molar-refractivity contribution in [3.63, 3.8) is 0 Å². The number of hydrogen-bond acceptors (Lipinski definition) is 5. The second-order valence-corrected chi connectivity index (χ2v) is 7.16. The van der Waals surface area contributed by atoms with E-state index in [0.29, 0.717) is 25.1 Å². The van der Waals surface area contributed by atoms with Gasteiger partial charge in [0.25, 0.3) is 5.91 Å². The predicted molar refractivity (Wildman–Crippen MR) is 77.5 cm³/mol. The highest BCUT2D eigenvalue weighted by Crippen LogP contribution is 2.18. The van der Waals surface area contributed by atoms with Gasteiger partial charge in [-0.2, -0.15) is 0 Å². The third-order valence-electron chi connectivity index (χ3n) is 3.31. The van der Waals surface area contributed by atoms with Crippen LogP contribution in [0, 0.1) is 5.92 Å². The monoisotopic (exact) mass is 297 g/mol. The molecular weight excluding hydrogens is 278 g/mol. The van der Waals surface area contributed by atoms with Gasteiger partial charge in [-0.3, -0.25) is 9.78 Å². The first-order chi connectivity index (χ1) is 9.52. The Morgan fingerprint density at radius 2 is 2.30 bits per heavy atom. The van der Waals surface area contributed by atoms with Crippen LogP contribution in [0.5, 0.6) is 0 Å². The van der Waals surface area contributed by atoms with Crippen molar-refractivity contribution in [3.8, 4) is 0 Å². The Morgan fingerprint density at radius 1 is 1.50 bits per heavy atom. The van der Waals surface area contributed by atoms with Crippen LogP contribution in [0.2, 0.25) is 0 Å². The zero-order valence-electron chi connectivity index (χ0n) is 11.4. The van der Waals surface area contributed by atoms with E-state index < -0.39 is 9.84 Å². The number of nitrogens with one attached hydrogen (secondary N) is 2. The van der Waals surface area contributed by atoms with Crippen LogP contribution in [0.3, 0.4) is 0 Å². The maximum absolute atomic E-state index is 12.1. The number of pyridine rings is 1. The Bertz CT molecular complexity index is 586. The average Bonchev–Trinajstić information content (AvgIpc) is 2.77. The molecule has 110 valence electrons. The molecule has 1 amide bonds. The number of anilines is 1. The number of carbonyl (C=O) groups excluding carboxylic acids is 1. The minimum Gasteiger partial charge on any atom is -0.385 e. The summed E-state index contributed by atoms with van der Waals surface area (Å²) >= 11 is 0. The van der Waals surface area contributed by atoms with E-state index in [1.165, 1.54) is 6.20 Å². The molecule has 2 heterocycles. The molecule has 1 aromatic rings. The van der Waals surface area contributed by atoms with Crippen molar-refractivity contribution < 1.29 is 13.2 Å². The Kier molecular flexibility index (Phi) is 4.59. The largest absolute Gasteiger partial charge is 0.385 e. The molecule has 7 heteroatoms. The van der Waals surface area contributed by atoms with Crippen molar-refractivity contribution in [1.82, 2.24) is 10.3 Å². The molecule has 0 aliphatic carbocycles. The molecule has 0 spiro atoms. The SMILES string of the molecule is CCNc1ccncc1C(=O)NCC1CCS(=O)(=O)C1. The molecule has 0 saturated carbocycles. The van der Waals surface area contributed by atoms with E-state index in [0.717, 1.165) is 5.69 Å².